The zero-order valence-corrected chi connectivity index (χ0v) is 22.6. The van der Waals surface area contributed by atoms with Crippen molar-refractivity contribution >= 4 is 34.1 Å². The van der Waals surface area contributed by atoms with Crippen LogP contribution in [0.15, 0.2) is 41.7 Å². The maximum Gasteiger partial charge on any atom is 0.227 e. The van der Waals surface area contributed by atoms with Gasteiger partial charge in [-0.05, 0) is 30.7 Å². The molecule has 0 saturated carbocycles. The average Bonchev–Trinajstić information content (AvgIpc) is 3.42. The van der Waals surface area contributed by atoms with Gasteiger partial charge in [0.05, 0.1) is 11.6 Å². The van der Waals surface area contributed by atoms with E-state index in [1.807, 2.05) is 29.3 Å². The SMILES string of the molecule is CC(=O)N1CCC(NC2CCOCC2)=C(C(=N)c2cccc3cc(N4CCC(C(=O)N(C)C)C4)ncc23)C1. The van der Waals surface area contributed by atoms with Crippen molar-refractivity contribution in [2.75, 3.05) is 58.4 Å². The number of aromatic nitrogens is 1. The Balaban J connectivity index is 1.43. The second kappa shape index (κ2) is 11.1. The van der Waals surface area contributed by atoms with Crippen molar-refractivity contribution in [3.8, 4) is 0 Å². The summed E-state index contributed by atoms with van der Waals surface area (Å²) in [4.78, 5) is 35.1. The first kappa shape index (κ1) is 26.2. The molecule has 38 heavy (non-hydrogen) atoms. The lowest BCUT2D eigenvalue weighted by molar-refractivity contribution is -0.132. The number of carbonyl (C=O) groups excluding carboxylic acids is 2. The van der Waals surface area contributed by atoms with Gasteiger partial charge in [0, 0.05) is 101 Å². The van der Waals surface area contributed by atoms with Gasteiger partial charge >= 0.3 is 0 Å². The predicted octanol–water partition coefficient (Wildman–Crippen LogP) is 2.79. The summed E-state index contributed by atoms with van der Waals surface area (Å²) >= 11 is 0. The normalized spacial score (nSPS) is 20.7. The van der Waals surface area contributed by atoms with Gasteiger partial charge in [-0.3, -0.25) is 15.0 Å². The van der Waals surface area contributed by atoms with Crippen LogP contribution in [0.1, 0.15) is 38.2 Å². The topological polar surface area (TPSA) is 102 Å². The van der Waals surface area contributed by atoms with Gasteiger partial charge in [0.15, 0.2) is 0 Å². The molecule has 2 amide bonds. The molecule has 4 heterocycles. The Morgan fingerprint density at radius 3 is 2.68 bits per heavy atom. The summed E-state index contributed by atoms with van der Waals surface area (Å²) in [6.45, 7) is 5.64. The fourth-order valence-electron chi connectivity index (χ4n) is 5.76. The molecule has 1 aromatic carbocycles. The van der Waals surface area contributed by atoms with Crippen LogP contribution < -0.4 is 10.2 Å². The number of hydrogen-bond donors (Lipinski definition) is 2. The maximum absolute atomic E-state index is 12.4. The van der Waals surface area contributed by atoms with Crippen molar-refractivity contribution in [1.29, 1.82) is 5.41 Å². The number of pyridine rings is 1. The minimum absolute atomic E-state index is 0.00822. The molecule has 3 aliphatic heterocycles. The van der Waals surface area contributed by atoms with Gasteiger partial charge in [0.25, 0.3) is 0 Å². The van der Waals surface area contributed by atoms with Gasteiger partial charge in [0.1, 0.15) is 5.82 Å². The Hall–Kier alpha value is -3.46. The highest BCUT2D eigenvalue weighted by atomic mass is 16.5. The smallest absolute Gasteiger partial charge is 0.227 e. The van der Waals surface area contributed by atoms with Crippen LogP contribution in [0.5, 0.6) is 0 Å². The molecule has 1 atom stereocenters. The number of ether oxygens (including phenoxy) is 1. The second-order valence-electron chi connectivity index (χ2n) is 10.8. The third kappa shape index (κ3) is 5.38. The lowest BCUT2D eigenvalue weighted by Crippen LogP contribution is -2.43. The minimum atomic E-state index is -0.00822. The van der Waals surface area contributed by atoms with E-state index in [-0.39, 0.29) is 17.7 Å². The number of nitrogens with zero attached hydrogens (tertiary/aromatic N) is 4. The molecule has 9 heteroatoms. The number of carbonyl (C=O) groups is 2. The Morgan fingerprint density at radius 2 is 1.95 bits per heavy atom. The summed E-state index contributed by atoms with van der Waals surface area (Å²) in [5, 5.41) is 14.9. The minimum Gasteiger partial charge on any atom is -0.385 e. The molecule has 0 radical (unpaired) electrons. The highest BCUT2D eigenvalue weighted by Gasteiger charge is 2.31. The van der Waals surface area contributed by atoms with Crippen LogP contribution in [-0.4, -0.2) is 91.8 Å². The molecule has 0 bridgehead atoms. The lowest BCUT2D eigenvalue weighted by Gasteiger charge is -2.34. The van der Waals surface area contributed by atoms with E-state index >= 15 is 0 Å². The number of anilines is 1. The maximum atomic E-state index is 12.4. The summed E-state index contributed by atoms with van der Waals surface area (Å²) in [6, 6.07) is 8.39. The lowest BCUT2D eigenvalue weighted by atomic mass is 9.92. The van der Waals surface area contributed by atoms with Crippen LogP contribution in [0.3, 0.4) is 0 Å². The standard InChI is InChI=1S/C29H38N6O3/c1-19(36)34-12-8-26(32-22-9-13-38-14-10-22)25(18-34)28(30)23-6-4-5-20-15-27(31-16-24(20)23)35-11-7-21(17-35)29(37)33(2)3/h4-6,15-16,21-22,30,32H,7-14,17-18H2,1-3H3. The quantitative estimate of drug-likeness (QED) is 0.571. The van der Waals surface area contributed by atoms with Gasteiger partial charge in [0.2, 0.25) is 11.8 Å². The third-order valence-corrected chi connectivity index (χ3v) is 8.01. The van der Waals surface area contributed by atoms with Crippen molar-refractivity contribution in [2.24, 2.45) is 5.92 Å². The predicted molar refractivity (Wildman–Crippen MR) is 148 cm³/mol. The van der Waals surface area contributed by atoms with Gasteiger partial charge in [-0.15, -0.1) is 0 Å². The highest BCUT2D eigenvalue weighted by Crippen LogP contribution is 2.30. The largest absolute Gasteiger partial charge is 0.385 e. The zero-order valence-electron chi connectivity index (χ0n) is 22.6. The van der Waals surface area contributed by atoms with E-state index in [0.29, 0.717) is 37.8 Å². The first-order valence-electron chi connectivity index (χ1n) is 13.6. The fourth-order valence-corrected chi connectivity index (χ4v) is 5.76. The molecule has 1 unspecified atom stereocenters. The number of benzene rings is 1. The Bertz CT molecular complexity index is 1270. The average molecular weight is 519 g/mol. The molecule has 3 aliphatic rings. The highest BCUT2D eigenvalue weighted by molar-refractivity contribution is 6.18. The van der Waals surface area contributed by atoms with Crippen molar-refractivity contribution in [3.05, 3.63) is 47.3 Å². The summed E-state index contributed by atoms with van der Waals surface area (Å²) in [7, 11) is 3.61. The molecule has 0 spiro atoms. The fraction of sp³-hybridized carbons (Fsp3) is 0.517. The number of rotatable bonds is 6. The molecule has 9 nitrogen and oxygen atoms in total. The van der Waals surface area contributed by atoms with E-state index in [2.05, 4.69) is 16.3 Å². The van der Waals surface area contributed by atoms with Gasteiger partial charge in [-0.25, -0.2) is 4.98 Å². The van der Waals surface area contributed by atoms with Gasteiger partial charge in [-0.2, -0.15) is 0 Å². The van der Waals surface area contributed by atoms with Gasteiger partial charge < -0.3 is 24.8 Å². The molecule has 1 aromatic heterocycles. The molecule has 202 valence electrons. The van der Waals surface area contributed by atoms with Crippen molar-refractivity contribution in [2.45, 2.75) is 38.6 Å². The van der Waals surface area contributed by atoms with Crippen LogP contribution in [0, 0.1) is 11.3 Å². The molecular formula is C29H38N6O3. The molecule has 2 aromatic rings. The number of hydrogen-bond acceptors (Lipinski definition) is 7. The summed E-state index contributed by atoms with van der Waals surface area (Å²) < 4.78 is 5.52. The molecular weight excluding hydrogens is 480 g/mol. The number of nitrogens with one attached hydrogen (secondary N) is 2. The van der Waals surface area contributed by atoms with Gasteiger partial charge in [-0.1, -0.05) is 18.2 Å². The molecule has 2 N–H and O–H groups in total. The monoisotopic (exact) mass is 518 g/mol. The zero-order chi connectivity index (χ0) is 26.8. The van der Waals surface area contributed by atoms with E-state index in [9.17, 15) is 15.0 Å². The Kier molecular flexibility index (Phi) is 7.65. The van der Waals surface area contributed by atoms with E-state index in [1.165, 1.54) is 0 Å². The van der Waals surface area contributed by atoms with E-state index in [1.54, 1.807) is 25.9 Å². The number of fused-ring (bicyclic) bond motifs is 1. The first-order valence-corrected chi connectivity index (χ1v) is 13.6. The Labute approximate surface area is 224 Å². The Morgan fingerprint density at radius 1 is 1.16 bits per heavy atom. The summed E-state index contributed by atoms with van der Waals surface area (Å²) in [5.41, 5.74) is 3.19. The van der Waals surface area contributed by atoms with E-state index in [0.717, 1.165) is 72.4 Å². The molecule has 5 rings (SSSR count). The van der Waals surface area contributed by atoms with E-state index in [4.69, 9.17) is 9.72 Å². The molecule has 0 aliphatic carbocycles. The molecule has 2 saturated heterocycles. The summed E-state index contributed by atoms with van der Waals surface area (Å²) in [5.74, 6) is 1.04. The first-order chi connectivity index (χ1) is 18.3. The van der Waals surface area contributed by atoms with Crippen molar-refractivity contribution in [1.82, 2.24) is 20.1 Å². The second-order valence-corrected chi connectivity index (χ2v) is 10.8. The summed E-state index contributed by atoms with van der Waals surface area (Å²) in [6.07, 6.45) is 5.28. The van der Waals surface area contributed by atoms with E-state index < -0.39 is 0 Å². The van der Waals surface area contributed by atoms with Crippen LogP contribution in [0.4, 0.5) is 5.82 Å². The number of amides is 2. The van der Waals surface area contributed by atoms with Crippen LogP contribution >= 0.6 is 0 Å². The molecule has 2 fully saturated rings. The van der Waals surface area contributed by atoms with Crippen molar-refractivity contribution < 1.29 is 14.3 Å². The van der Waals surface area contributed by atoms with Crippen LogP contribution in [0.25, 0.3) is 10.8 Å². The van der Waals surface area contributed by atoms with Crippen LogP contribution in [0.2, 0.25) is 0 Å². The van der Waals surface area contributed by atoms with Crippen LogP contribution in [-0.2, 0) is 14.3 Å². The third-order valence-electron chi connectivity index (χ3n) is 8.01. The van der Waals surface area contributed by atoms with Crippen molar-refractivity contribution in [3.63, 3.8) is 0 Å².